The van der Waals surface area contributed by atoms with Crippen LogP contribution in [0.25, 0.3) is 0 Å². The lowest BCUT2D eigenvalue weighted by Crippen LogP contribution is -2.53. The van der Waals surface area contributed by atoms with Gasteiger partial charge >= 0.3 is 6.09 Å². The Kier molecular flexibility index (Phi) is 10.2. The molecule has 42 heavy (non-hydrogen) atoms. The highest BCUT2D eigenvalue weighted by Gasteiger charge is 2.38. The Balaban J connectivity index is 2.10. The zero-order valence-electron chi connectivity index (χ0n) is 24.3. The molecule has 0 saturated heterocycles. The number of aromatic hydroxyl groups is 2. The fraction of sp³-hybridized carbons (Fsp3) is 0.312. The number of amides is 3. The summed E-state index contributed by atoms with van der Waals surface area (Å²) in [7, 11) is 0. The van der Waals surface area contributed by atoms with E-state index in [1.54, 1.807) is 64.1 Å². The Morgan fingerprint density at radius 1 is 0.952 bits per heavy atom. The number of hydrogen-bond acceptors (Lipinski definition) is 7. The Bertz CT molecular complexity index is 1470. The van der Waals surface area contributed by atoms with Crippen LogP contribution in [0.5, 0.6) is 11.5 Å². The number of alkyl carbamates (subject to hydrolysis) is 1. The second-order valence-electron chi connectivity index (χ2n) is 10.9. The SMILES string of the molecule is Cc1ccccc1NC(=O)C(c1cccc(C)c1O)N(CC#N)C(=O)C(Cc1ccc(O)cc1)NC(=O)OC(C)(C)C. The standard InChI is InChI=1S/C32H36N4O6/c1-20-9-6-7-12-25(20)34-29(39)27(24-11-8-10-21(2)28(24)38)36(18-17-33)30(40)26(35-31(41)42-32(3,4)5)19-22-13-15-23(37)16-14-22/h6-16,26-27,37-38H,18-19H2,1-5H3,(H,34,39)(H,35,41). The third kappa shape index (κ3) is 8.24. The van der Waals surface area contributed by atoms with Crippen molar-refractivity contribution >= 4 is 23.6 Å². The van der Waals surface area contributed by atoms with Crippen molar-refractivity contribution in [3.63, 3.8) is 0 Å². The molecule has 3 amide bonds. The number of benzene rings is 3. The third-order valence-corrected chi connectivity index (χ3v) is 6.42. The molecule has 0 aromatic heterocycles. The molecular weight excluding hydrogens is 536 g/mol. The molecule has 0 radical (unpaired) electrons. The minimum atomic E-state index is -1.43. The zero-order valence-corrected chi connectivity index (χ0v) is 24.3. The number of aryl methyl sites for hydroxylation is 2. The van der Waals surface area contributed by atoms with Crippen molar-refractivity contribution in [1.82, 2.24) is 10.2 Å². The Hall–Kier alpha value is -5.04. The maximum atomic E-state index is 14.2. The van der Waals surface area contributed by atoms with Crippen molar-refractivity contribution in [2.24, 2.45) is 0 Å². The first-order valence-electron chi connectivity index (χ1n) is 13.4. The van der Waals surface area contributed by atoms with Gasteiger partial charge in [0.1, 0.15) is 35.7 Å². The highest BCUT2D eigenvalue weighted by Crippen LogP contribution is 2.33. The molecule has 3 aromatic carbocycles. The summed E-state index contributed by atoms with van der Waals surface area (Å²) >= 11 is 0. The van der Waals surface area contributed by atoms with Gasteiger partial charge in [-0.3, -0.25) is 9.59 Å². The van der Waals surface area contributed by atoms with E-state index in [1.165, 1.54) is 18.2 Å². The largest absolute Gasteiger partial charge is 0.508 e. The van der Waals surface area contributed by atoms with E-state index < -0.39 is 42.1 Å². The lowest BCUT2D eigenvalue weighted by molar-refractivity contribution is -0.140. The van der Waals surface area contributed by atoms with Gasteiger partial charge in [-0.05, 0) is 69.5 Å². The molecule has 0 aliphatic carbocycles. The quantitative estimate of drug-likeness (QED) is 0.267. The number of phenolic OH excluding ortho intramolecular Hbond substituents is 2. The number of carbonyl (C=O) groups is 3. The van der Waals surface area contributed by atoms with Crippen LogP contribution >= 0.6 is 0 Å². The monoisotopic (exact) mass is 572 g/mol. The van der Waals surface area contributed by atoms with Crippen molar-refractivity contribution in [3.8, 4) is 17.6 Å². The van der Waals surface area contributed by atoms with E-state index >= 15 is 0 Å². The first-order valence-corrected chi connectivity index (χ1v) is 13.4. The second-order valence-corrected chi connectivity index (χ2v) is 10.9. The highest BCUT2D eigenvalue weighted by atomic mass is 16.6. The van der Waals surface area contributed by atoms with Gasteiger partial charge in [0.15, 0.2) is 0 Å². The number of rotatable bonds is 9. The van der Waals surface area contributed by atoms with Gasteiger partial charge < -0.3 is 30.5 Å². The Morgan fingerprint density at radius 3 is 2.21 bits per heavy atom. The van der Waals surface area contributed by atoms with Crippen LogP contribution in [0, 0.1) is 25.2 Å². The molecule has 0 fully saturated rings. The first kappa shape index (κ1) is 31.5. The summed E-state index contributed by atoms with van der Waals surface area (Å²) in [6, 6.07) is 17.2. The molecule has 10 nitrogen and oxygen atoms in total. The number of nitrogens with one attached hydrogen (secondary N) is 2. The molecule has 2 atom stereocenters. The summed E-state index contributed by atoms with van der Waals surface area (Å²) < 4.78 is 5.39. The predicted octanol–water partition coefficient (Wildman–Crippen LogP) is 4.88. The van der Waals surface area contributed by atoms with Crippen LogP contribution in [0.3, 0.4) is 0 Å². The Morgan fingerprint density at radius 2 is 1.60 bits per heavy atom. The molecule has 10 heteroatoms. The molecule has 3 rings (SSSR count). The molecule has 4 N–H and O–H groups in total. The summed E-state index contributed by atoms with van der Waals surface area (Å²) in [6.45, 7) is 7.97. The van der Waals surface area contributed by atoms with Gasteiger partial charge in [0.25, 0.3) is 5.91 Å². The topological polar surface area (TPSA) is 152 Å². The molecule has 0 spiro atoms. The summed E-state index contributed by atoms with van der Waals surface area (Å²) in [5.74, 6) is -1.58. The normalized spacial score (nSPS) is 12.4. The first-order chi connectivity index (χ1) is 19.8. The van der Waals surface area contributed by atoms with Crippen LogP contribution in [0.15, 0.2) is 66.7 Å². The second kappa shape index (κ2) is 13.5. The van der Waals surface area contributed by atoms with Crippen LogP contribution in [-0.4, -0.2) is 51.2 Å². The van der Waals surface area contributed by atoms with Gasteiger partial charge in [-0.15, -0.1) is 0 Å². The molecule has 0 aliphatic heterocycles. The lowest BCUT2D eigenvalue weighted by atomic mass is 9.98. The summed E-state index contributed by atoms with van der Waals surface area (Å²) in [4.78, 5) is 42.0. The molecule has 220 valence electrons. The average Bonchev–Trinajstić information content (AvgIpc) is 2.91. The number of hydrogen-bond donors (Lipinski definition) is 4. The molecule has 0 bridgehead atoms. The van der Waals surface area contributed by atoms with E-state index in [0.717, 1.165) is 10.5 Å². The fourth-order valence-electron chi connectivity index (χ4n) is 4.36. The Labute approximate surface area is 245 Å². The molecule has 0 heterocycles. The van der Waals surface area contributed by atoms with Crippen LogP contribution in [0.4, 0.5) is 10.5 Å². The number of carbonyl (C=O) groups excluding carboxylic acids is 3. The van der Waals surface area contributed by atoms with E-state index in [4.69, 9.17) is 4.74 Å². The van der Waals surface area contributed by atoms with Crippen molar-refractivity contribution < 1.29 is 29.3 Å². The minimum absolute atomic E-state index is 0.0238. The van der Waals surface area contributed by atoms with Crippen LogP contribution in [-0.2, 0) is 20.7 Å². The molecule has 0 saturated carbocycles. The zero-order chi connectivity index (χ0) is 31.0. The molecule has 2 unspecified atom stereocenters. The summed E-state index contributed by atoms with van der Waals surface area (Å²) in [6.07, 6.45) is -0.900. The molecular formula is C32H36N4O6. The number of phenols is 2. The summed E-state index contributed by atoms with van der Waals surface area (Å²) in [5.41, 5.74) is 1.60. The van der Waals surface area contributed by atoms with Crippen molar-refractivity contribution in [1.29, 1.82) is 5.26 Å². The van der Waals surface area contributed by atoms with Crippen molar-refractivity contribution in [2.75, 3.05) is 11.9 Å². The third-order valence-electron chi connectivity index (χ3n) is 6.42. The molecule has 0 aliphatic rings. The number of anilines is 1. The van der Waals surface area contributed by atoms with Crippen LogP contribution in [0.2, 0.25) is 0 Å². The van der Waals surface area contributed by atoms with E-state index in [1.807, 2.05) is 25.1 Å². The minimum Gasteiger partial charge on any atom is -0.508 e. The number of nitriles is 1. The maximum absolute atomic E-state index is 14.2. The lowest BCUT2D eigenvalue weighted by Gasteiger charge is -2.33. The number of ether oxygens (including phenoxy) is 1. The average molecular weight is 573 g/mol. The van der Waals surface area contributed by atoms with E-state index in [-0.39, 0.29) is 23.5 Å². The van der Waals surface area contributed by atoms with E-state index in [2.05, 4.69) is 10.6 Å². The van der Waals surface area contributed by atoms with Crippen molar-refractivity contribution in [2.45, 2.75) is 58.7 Å². The van der Waals surface area contributed by atoms with Gasteiger partial charge in [-0.25, -0.2) is 4.79 Å². The van der Waals surface area contributed by atoms with Gasteiger partial charge in [0.2, 0.25) is 5.91 Å². The fourth-order valence-corrected chi connectivity index (χ4v) is 4.36. The van der Waals surface area contributed by atoms with Gasteiger partial charge in [-0.2, -0.15) is 5.26 Å². The van der Waals surface area contributed by atoms with Gasteiger partial charge in [0, 0.05) is 17.7 Å². The number of para-hydroxylation sites is 2. The van der Waals surface area contributed by atoms with Crippen LogP contribution in [0.1, 0.15) is 49.1 Å². The number of nitrogens with zero attached hydrogens (tertiary/aromatic N) is 2. The molecule has 3 aromatic rings. The smallest absolute Gasteiger partial charge is 0.408 e. The van der Waals surface area contributed by atoms with Gasteiger partial charge in [0.05, 0.1) is 6.07 Å². The predicted molar refractivity (Wildman–Crippen MR) is 158 cm³/mol. The van der Waals surface area contributed by atoms with E-state index in [9.17, 15) is 29.9 Å². The summed E-state index contributed by atoms with van der Waals surface area (Å²) in [5, 5.41) is 35.9. The van der Waals surface area contributed by atoms with Crippen molar-refractivity contribution in [3.05, 3.63) is 89.0 Å². The highest BCUT2D eigenvalue weighted by molar-refractivity contribution is 6.00. The maximum Gasteiger partial charge on any atom is 0.408 e. The van der Waals surface area contributed by atoms with E-state index in [0.29, 0.717) is 16.8 Å². The van der Waals surface area contributed by atoms with Gasteiger partial charge in [-0.1, -0.05) is 48.5 Å². The van der Waals surface area contributed by atoms with Crippen LogP contribution < -0.4 is 10.6 Å².